The van der Waals surface area contributed by atoms with Gasteiger partial charge in [-0.15, -0.1) is 10.2 Å². The van der Waals surface area contributed by atoms with Crippen LogP contribution in [0.5, 0.6) is 0 Å². The minimum Gasteiger partial charge on any atom is -0.378 e. The monoisotopic (exact) mass is 358 g/mol. The van der Waals surface area contributed by atoms with Gasteiger partial charge in [0.25, 0.3) is 0 Å². The molecule has 1 amide bonds. The lowest BCUT2D eigenvalue weighted by Crippen LogP contribution is -2.36. The zero-order valence-corrected chi connectivity index (χ0v) is 15.3. The fourth-order valence-electron chi connectivity index (χ4n) is 2.63. The van der Waals surface area contributed by atoms with E-state index < -0.39 is 0 Å². The van der Waals surface area contributed by atoms with Crippen LogP contribution in [0.2, 0.25) is 0 Å². The fourth-order valence-corrected chi connectivity index (χ4v) is 3.24. The van der Waals surface area contributed by atoms with Crippen LogP contribution in [-0.4, -0.2) is 48.2 Å². The molecule has 1 aromatic carbocycles. The maximum Gasteiger partial charge on any atom is 0.234 e. The first-order chi connectivity index (χ1) is 12.1. The van der Waals surface area contributed by atoms with E-state index in [1.54, 1.807) is 0 Å². The molecule has 7 heteroatoms. The van der Waals surface area contributed by atoms with Crippen LogP contribution in [0.3, 0.4) is 0 Å². The van der Waals surface area contributed by atoms with Gasteiger partial charge in [-0.1, -0.05) is 29.5 Å². The van der Waals surface area contributed by atoms with Gasteiger partial charge in [-0.3, -0.25) is 4.79 Å². The zero-order chi connectivity index (χ0) is 17.6. The second-order valence-electron chi connectivity index (χ2n) is 5.98. The first-order valence-corrected chi connectivity index (χ1v) is 9.27. The zero-order valence-electron chi connectivity index (χ0n) is 14.5. The summed E-state index contributed by atoms with van der Waals surface area (Å²) < 4.78 is 5.34. The maximum absolute atomic E-state index is 12.1. The molecule has 0 spiro atoms. The van der Waals surface area contributed by atoms with Gasteiger partial charge in [0.15, 0.2) is 5.82 Å². The largest absolute Gasteiger partial charge is 0.378 e. The predicted octanol–water partition coefficient (Wildman–Crippen LogP) is 2.66. The molecule has 0 atom stereocenters. The van der Waals surface area contributed by atoms with Crippen molar-refractivity contribution in [3.05, 3.63) is 41.5 Å². The molecule has 2 heterocycles. The predicted molar refractivity (Wildman–Crippen MR) is 100 cm³/mol. The molecule has 1 aliphatic rings. The number of rotatable bonds is 5. The highest BCUT2D eigenvalue weighted by molar-refractivity contribution is 7.99. The summed E-state index contributed by atoms with van der Waals surface area (Å²) in [5.41, 5.74) is 3.10. The van der Waals surface area contributed by atoms with Gasteiger partial charge >= 0.3 is 0 Å². The number of nitrogens with one attached hydrogen (secondary N) is 1. The molecule has 3 rings (SSSR count). The third-order valence-corrected chi connectivity index (χ3v) is 4.89. The molecule has 0 saturated carbocycles. The Morgan fingerprint density at radius 3 is 2.68 bits per heavy atom. The molecule has 0 aliphatic carbocycles. The van der Waals surface area contributed by atoms with Crippen molar-refractivity contribution in [1.82, 2.24) is 10.2 Å². The number of nitrogens with zero attached hydrogens (tertiary/aromatic N) is 3. The van der Waals surface area contributed by atoms with E-state index in [-0.39, 0.29) is 5.91 Å². The smallest absolute Gasteiger partial charge is 0.234 e. The molecule has 2 aromatic rings. The number of ether oxygens (including phenoxy) is 1. The lowest BCUT2D eigenvalue weighted by atomic mass is 10.1. The SMILES string of the molecule is Cc1ccc(NC(=O)CSc2ccc(N3CCOCC3)nn2)c(C)c1. The van der Waals surface area contributed by atoms with E-state index >= 15 is 0 Å². The highest BCUT2D eigenvalue weighted by Gasteiger charge is 2.13. The molecule has 1 aliphatic heterocycles. The van der Waals surface area contributed by atoms with Crippen LogP contribution in [0.4, 0.5) is 11.5 Å². The summed E-state index contributed by atoms with van der Waals surface area (Å²) in [5, 5.41) is 12.2. The van der Waals surface area contributed by atoms with Crippen molar-refractivity contribution in [3.63, 3.8) is 0 Å². The minimum absolute atomic E-state index is 0.0454. The summed E-state index contributed by atoms with van der Waals surface area (Å²) in [5.74, 6) is 1.11. The van der Waals surface area contributed by atoms with Crippen LogP contribution >= 0.6 is 11.8 Å². The summed E-state index contributed by atoms with van der Waals surface area (Å²) in [6.45, 7) is 7.13. The number of aryl methyl sites for hydroxylation is 2. The van der Waals surface area contributed by atoms with Crippen molar-refractivity contribution in [3.8, 4) is 0 Å². The first kappa shape index (κ1) is 17.7. The van der Waals surface area contributed by atoms with E-state index in [2.05, 4.69) is 26.5 Å². The van der Waals surface area contributed by atoms with Gasteiger partial charge in [0.1, 0.15) is 5.03 Å². The van der Waals surface area contributed by atoms with Crippen LogP contribution in [0.15, 0.2) is 35.4 Å². The van der Waals surface area contributed by atoms with Crippen LogP contribution < -0.4 is 10.2 Å². The van der Waals surface area contributed by atoms with Gasteiger partial charge in [0.2, 0.25) is 5.91 Å². The fraction of sp³-hybridized carbons (Fsp3) is 0.389. The van der Waals surface area contributed by atoms with Crippen molar-refractivity contribution in [1.29, 1.82) is 0 Å². The van der Waals surface area contributed by atoms with E-state index in [4.69, 9.17) is 4.74 Å². The Kier molecular flexibility index (Phi) is 5.88. The van der Waals surface area contributed by atoms with Gasteiger partial charge in [0, 0.05) is 18.8 Å². The van der Waals surface area contributed by atoms with Crippen molar-refractivity contribution in [2.24, 2.45) is 0 Å². The molecule has 132 valence electrons. The normalized spacial score (nSPS) is 14.4. The first-order valence-electron chi connectivity index (χ1n) is 8.28. The number of aromatic nitrogens is 2. The van der Waals surface area contributed by atoms with Gasteiger partial charge < -0.3 is 15.0 Å². The average molecular weight is 358 g/mol. The molecule has 0 bridgehead atoms. The number of amides is 1. The molecule has 6 nitrogen and oxygen atoms in total. The Morgan fingerprint density at radius 2 is 2.00 bits per heavy atom. The second kappa shape index (κ2) is 8.31. The maximum atomic E-state index is 12.1. The third-order valence-electron chi connectivity index (χ3n) is 3.97. The van der Waals surface area contributed by atoms with Crippen molar-refractivity contribution >= 4 is 29.2 Å². The number of carbonyl (C=O) groups excluding carboxylic acids is 1. The molecule has 25 heavy (non-hydrogen) atoms. The third kappa shape index (κ3) is 4.93. The topological polar surface area (TPSA) is 67.4 Å². The van der Waals surface area contributed by atoms with E-state index in [1.165, 1.54) is 17.3 Å². The van der Waals surface area contributed by atoms with Crippen molar-refractivity contribution < 1.29 is 9.53 Å². The van der Waals surface area contributed by atoms with Gasteiger partial charge in [0.05, 0.1) is 19.0 Å². The van der Waals surface area contributed by atoms with E-state index in [9.17, 15) is 4.79 Å². The molecular formula is C18H22N4O2S. The molecule has 0 radical (unpaired) electrons. The van der Waals surface area contributed by atoms with Crippen LogP contribution in [0.25, 0.3) is 0 Å². The average Bonchev–Trinajstić information content (AvgIpc) is 2.63. The van der Waals surface area contributed by atoms with E-state index in [0.717, 1.165) is 48.4 Å². The van der Waals surface area contributed by atoms with Gasteiger partial charge in [-0.25, -0.2) is 0 Å². The van der Waals surface area contributed by atoms with Crippen LogP contribution in [-0.2, 0) is 9.53 Å². The Hall–Kier alpha value is -2.12. The molecule has 1 fully saturated rings. The van der Waals surface area contributed by atoms with Gasteiger partial charge in [-0.05, 0) is 37.6 Å². The molecular weight excluding hydrogens is 336 g/mol. The summed E-state index contributed by atoms with van der Waals surface area (Å²) in [6.07, 6.45) is 0. The Balaban J connectivity index is 1.51. The Bertz CT molecular complexity index is 730. The molecule has 1 N–H and O–H groups in total. The quantitative estimate of drug-likeness (QED) is 0.829. The highest BCUT2D eigenvalue weighted by Crippen LogP contribution is 2.20. The summed E-state index contributed by atoms with van der Waals surface area (Å²) in [7, 11) is 0. The number of carbonyl (C=O) groups is 1. The lowest BCUT2D eigenvalue weighted by Gasteiger charge is -2.27. The Labute approximate surface area is 152 Å². The summed E-state index contributed by atoms with van der Waals surface area (Å²) in [4.78, 5) is 14.3. The second-order valence-corrected chi connectivity index (χ2v) is 6.98. The van der Waals surface area contributed by atoms with E-state index in [1.807, 2.05) is 38.1 Å². The van der Waals surface area contributed by atoms with Crippen LogP contribution in [0, 0.1) is 13.8 Å². The van der Waals surface area contributed by atoms with Crippen molar-refractivity contribution in [2.75, 3.05) is 42.3 Å². The minimum atomic E-state index is -0.0454. The van der Waals surface area contributed by atoms with Crippen LogP contribution in [0.1, 0.15) is 11.1 Å². The Morgan fingerprint density at radius 1 is 1.20 bits per heavy atom. The molecule has 1 aromatic heterocycles. The number of hydrogen-bond acceptors (Lipinski definition) is 6. The van der Waals surface area contributed by atoms with Gasteiger partial charge in [-0.2, -0.15) is 0 Å². The summed E-state index contributed by atoms with van der Waals surface area (Å²) >= 11 is 1.38. The number of hydrogen-bond donors (Lipinski definition) is 1. The van der Waals surface area contributed by atoms with Crippen molar-refractivity contribution in [2.45, 2.75) is 18.9 Å². The number of anilines is 2. The molecule has 1 saturated heterocycles. The molecule has 0 unspecified atom stereocenters. The highest BCUT2D eigenvalue weighted by atomic mass is 32.2. The lowest BCUT2D eigenvalue weighted by molar-refractivity contribution is -0.113. The number of thioether (sulfide) groups is 1. The summed E-state index contributed by atoms with van der Waals surface area (Å²) in [6, 6.07) is 9.84. The van der Waals surface area contributed by atoms with E-state index in [0.29, 0.717) is 5.75 Å². The standard InChI is InChI=1S/C18H22N4O2S/c1-13-3-4-15(14(2)11-13)19-17(23)12-25-18-6-5-16(20-21-18)22-7-9-24-10-8-22/h3-6,11H,7-10,12H2,1-2H3,(H,19,23). The number of benzene rings is 1. The number of morpholine rings is 1.